The first-order chi connectivity index (χ1) is 10.9. The zero-order valence-electron chi connectivity index (χ0n) is 12.8. The minimum absolute atomic E-state index is 0.230. The first-order valence-corrected chi connectivity index (χ1v) is 7.94. The van der Waals surface area contributed by atoms with Crippen molar-refractivity contribution in [3.05, 3.63) is 89.2 Å². The summed E-state index contributed by atoms with van der Waals surface area (Å²) in [4.78, 5) is 0. The van der Waals surface area contributed by atoms with Crippen LogP contribution in [0.1, 0.15) is 35.3 Å². The largest absolute Gasteiger partial charge is 0.319 e. The maximum Gasteiger partial charge on any atom is 0.0737 e. The van der Waals surface area contributed by atoms with Crippen LogP contribution in [0.2, 0.25) is 0 Å². The zero-order chi connectivity index (χ0) is 14.9. The molecule has 1 N–H and O–H groups in total. The van der Waals surface area contributed by atoms with E-state index in [0.29, 0.717) is 0 Å². The number of nitrogens with one attached hydrogen (secondary N) is 1. The third-order valence-corrected chi connectivity index (χ3v) is 4.55. The summed E-state index contributed by atoms with van der Waals surface area (Å²) in [5.74, 6) is 0. The summed E-state index contributed by atoms with van der Waals surface area (Å²) in [7, 11) is 0. The Bertz CT molecular complexity index is 783. The number of aryl methyl sites for hydroxylation is 1. The molecule has 0 spiro atoms. The molecule has 0 aliphatic carbocycles. The molecule has 1 aliphatic rings. The summed E-state index contributed by atoms with van der Waals surface area (Å²) in [5, 5.41) is 3.71. The van der Waals surface area contributed by atoms with Crippen LogP contribution in [0.5, 0.6) is 0 Å². The average molecular weight is 288 g/mol. The van der Waals surface area contributed by atoms with Crippen LogP contribution in [0.4, 0.5) is 0 Å². The van der Waals surface area contributed by atoms with Crippen molar-refractivity contribution < 1.29 is 0 Å². The van der Waals surface area contributed by atoms with Gasteiger partial charge < -0.3 is 9.88 Å². The van der Waals surface area contributed by atoms with E-state index in [9.17, 15) is 0 Å². The number of para-hydroxylation sites is 1. The number of benzene rings is 2. The molecule has 0 radical (unpaired) electrons. The van der Waals surface area contributed by atoms with Crippen molar-refractivity contribution in [2.24, 2.45) is 0 Å². The molecule has 1 atom stereocenters. The number of hydrogen-bond donors (Lipinski definition) is 1. The molecular weight excluding hydrogens is 268 g/mol. The average Bonchev–Trinajstić information content (AvgIpc) is 3.00. The van der Waals surface area contributed by atoms with E-state index in [0.717, 1.165) is 13.0 Å². The molecule has 2 nitrogen and oxygen atoms in total. The molecule has 0 saturated carbocycles. The Kier molecular flexibility index (Phi) is 3.32. The topological polar surface area (TPSA) is 17.0 Å². The highest BCUT2D eigenvalue weighted by Crippen LogP contribution is 2.30. The van der Waals surface area contributed by atoms with E-state index in [-0.39, 0.29) is 6.04 Å². The van der Waals surface area contributed by atoms with Crippen molar-refractivity contribution in [2.75, 3.05) is 0 Å². The molecule has 0 bridgehead atoms. The second kappa shape index (κ2) is 5.47. The molecule has 110 valence electrons. The van der Waals surface area contributed by atoms with Crippen LogP contribution < -0.4 is 5.32 Å². The number of hydrogen-bond acceptors (Lipinski definition) is 1. The van der Waals surface area contributed by atoms with Crippen LogP contribution in [0, 0.1) is 0 Å². The molecule has 0 amide bonds. The highest BCUT2D eigenvalue weighted by molar-refractivity contribution is 5.46. The SMILES string of the molecule is CCc1ccc([C@H]2NCc3ccccc3-n3cccc32)cc1. The van der Waals surface area contributed by atoms with E-state index in [4.69, 9.17) is 0 Å². The van der Waals surface area contributed by atoms with Gasteiger partial charge in [-0.15, -0.1) is 0 Å². The van der Waals surface area contributed by atoms with Gasteiger partial charge in [0.15, 0.2) is 0 Å². The molecule has 2 heterocycles. The Morgan fingerprint density at radius 1 is 1.00 bits per heavy atom. The minimum Gasteiger partial charge on any atom is -0.319 e. The van der Waals surface area contributed by atoms with Crippen LogP contribution in [0.25, 0.3) is 5.69 Å². The molecule has 22 heavy (non-hydrogen) atoms. The van der Waals surface area contributed by atoms with Gasteiger partial charge in [0.1, 0.15) is 0 Å². The normalized spacial score (nSPS) is 16.7. The molecule has 2 heteroatoms. The predicted octanol–water partition coefficient (Wildman–Crippen LogP) is 4.23. The standard InChI is InChI=1S/C20H20N2/c1-2-15-9-11-16(12-10-15)20-19-8-5-13-22(19)18-7-4-3-6-17(18)14-21-20/h3-13,20-21H,2,14H2,1H3/t20-/m1/s1. The second-order valence-electron chi connectivity index (χ2n) is 5.84. The molecular formula is C20H20N2. The van der Waals surface area contributed by atoms with Crippen molar-refractivity contribution in [3.8, 4) is 5.69 Å². The van der Waals surface area contributed by atoms with Gasteiger partial charge in [-0.25, -0.2) is 0 Å². The molecule has 2 aromatic carbocycles. The maximum absolute atomic E-state index is 3.71. The Balaban J connectivity index is 1.80. The smallest absolute Gasteiger partial charge is 0.0737 e. The first kappa shape index (κ1) is 13.4. The number of rotatable bonds is 2. The number of nitrogens with zero attached hydrogens (tertiary/aromatic N) is 1. The molecule has 0 saturated heterocycles. The summed E-state index contributed by atoms with van der Waals surface area (Å²) >= 11 is 0. The minimum atomic E-state index is 0.230. The predicted molar refractivity (Wildman–Crippen MR) is 90.3 cm³/mol. The van der Waals surface area contributed by atoms with Gasteiger partial charge in [0, 0.05) is 24.1 Å². The van der Waals surface area contributed by atoms with E-state index in [1.54, 1.807) is 0 Å². The van der Waals surface area contributed by atoms with E-state index >= 15 is 0 Å². The number of aromatic nitrogens is 1. The van der Waals surface area contributed by atoms with E-state index < -0.39 is 0 Å². The van der Waals surface area contributed by atoms with Gasteiger partial charge in [0.05, 0.1) is 6.04 Å². The van der Waals surface area contributed by atoms with E-state index in [2.05, 4.69) is 83.7 Å². The van der Waals surface area contributed by atoms with Gasteiger partial charge in [-0.2, -0.15) is 0 Å². The third-order valence-electron chi connectivity index (χ3n) is 4.55. The summed E-state index contributed by atoms with van der Waals surface area (Å²) in [5.41, 5.74) is 6.63. The van der Waals surface area contributed by atoms with Gasteiger partial charge >= 0.3 is 0 Å². The van der Waals surface area contributed by atoms with Crippen molar-refractivity contribution in [3.63, 3.8) is 0 Å². The molecule has 0 fully saturated rings. The zero-order valence-corrected chi connectivity index (χ0v) is 12.8. The van der Waals surface area contributed by atoms with Crippen LogP contribution >= 0.6 is 0 Å². The molecule has 1 aromatic heterocycles. The van der Waals surface area contributed by atoms with Crippen LogP contribution in [-0.2, 0) is 13.0 Å². The fraction of sp³-hybridized carbons (Fsp3) is 0.200. The van der Waals surface area contributed by atoms with Gasteiger partial charge in [-0.3, -0.25) is 0 Å². The number of fused-ring (bicyclic) bond motifs is 3. The van der Waals surface area contributed by atoms with Crippen molar-refractivity contribution in [1.82, 2.24) is 9.88 Å². The Hall–Kier alpha value is -2.32. The van der Waals surface area contributed by atoms with Crippen molar-refractivity contribution >= 4 is 0 Å². The van der Waals surface area contributed by atoms with Crippen LogP contribution in [0.3, 0.4) is 0 Å². The highest BCUT2D eigenvalue weighted by atomic mass is 15.1. The Morgan fingerprint density at radius 2 is 1.82 bits per heavy atom. The van der Waals surface area contributed by atoms with Crippen LogP contribution in [-0.4, -0.2) is 4.57 Å². The quantitative estimate of drug-likeness (QED) is 0.746. The summed E-state index contributed by atoms with van der Waals surface area (Å²) in [6, 6.07) is 22.2. The lowest BCUT2D eigenvalue weighted by Gasteiger charge is -2.18. The monoisotopic (exact) mass is 288 g/mol. The van der Waals surface area contributed by atoms with E-state index in [1.807, 2.05) is 0 Å². The van der Waals surface area contributed by atoms with Gasteiger partial charge in [-0.1, -0.05) is 49.4 Å². The highest BCUT2D eigenvalue weighted by Gasteiger charge is 2.22. The lowest BCUT2D eigenvalue weighted by Crippen LogP contribution is -2.21. The van der Waals surface area contributed by atoms with Crippen molar-refractivity contribution in [2.45, 2.75) is 25.9 Å². The van der Waals surface area contributed by atoms with Gasteiger partial charge in [0.2, 0.25) is 0 Å². The first-order valence-electron chi connectivity index (χ1n) is 7.94. The summed E-state index contributed by atoms with van der Waals surface area (Å²) in [6.45, 7) is 3.08. The van der Waals surface area contributed by atoms with Crippen molar-refractivity contribution in [1.29, 1.82) is 0 Å². The molecule has 4 rings (SSSR count). The lowest BCUT2D eigenvalue weighted by molar-refractivity contribution is 0.601. The fourth-order valence-corrected chi connectivity index (χ4v) is 3.30. The maximum atomic E-state index is 3.71. The molecule has 1 aliphatic heterocycles. The Morgan fingerprint density at radius 3 is 2.64 bits per heavy atom. The van der Waals surface area contributed by atoms with Gasteiger partial charge in [0.25, 0.3) is 0 Å². The summed E-state index contributed by atoms with van der Waals surface area (Å²) in [6.07, 6.45) is 3.24. The Labute approximate surface area is 131 Å². The molecule has 0 unspecified atom stereocenters. The van der Waals surface area contributed by atoms with Crippen LogP contribution in [0.15, 0.2) is 66.9 Å². The third kappa shape index (κ3) is 2.16. The molecule has 3 aromatic rings. The van der Waals surface area contributed by atoms with E-state index in [1.165, 1.54) is 28.1 Å². The second-order valence-corrected chi connectivity index (χ2v) is 5.84. The van der Waals surface area contributed by atoms with Gasteiger partial charge in [-0.05, 0) is 41.3 Å². The lowest BCUT2D eigenvalue weighted by atomic mass is 10.0. The fourth-order valence-electron chi connectivity index (χ4n) is 3.30. The summed E-state index contributed by atoms with van der Waals surface area (Å²) < 4.78 is 2.31.